The molecule has 16 N–H and O–H groups in total. The Bertz CT molecular complexity index is 1350. The number of hydrogen-bond donors (Lipinski definition) is 16. The predicted octanol–water partition coefficient (Wildman–Crippen LogP) is -10.8. The molecule has 10 unspecified atom stereocenters. The smallest absolute Gasteiger partial charge is 0.311 e. The summed E-state index contributed by atoms with van der Waals surface area (Å²) in [5, 5.41) is 161. The summed E-state index contributed by atoms with van der Waals surface area (Å²) in [6.45, 7) is -3.36. The number of ether oxygens (including phenoxy) is 10. The van der Waals surface area contributed by atoms with Crippen LogP contribution in [0.25, 0.3) is 0 Å². The molecule has 5 rings (SSSR count). The highest BCUT2D eigenvalue weighted by Gasteiger charge is 2.58. The lowest BCUT2D eigenvalue weighted by molar-refractivity contribution is -0.469. The SMILES string of the molecule is CO[C@@H]1O[C@@H](CO)[C@@H](O[C@@H]2OC(CO)[C@H](O)C(O[C@@H]3OC(CO)[C@@H](O[C@@H]4O[C@@H](CO)CC(O[C@@]5(O)O[C@@H](CO)[C@H](O)C(O)C5O)C4O)C(O)[C@@H]3NC(C)=O)[C@@H]2O)C(O)C1O. The van der Waals surface area contributed by atoms with Crippen molar-refractivity contribution in [2.24, 2.45) is 0 Å². The highest BCUT2D eigenvalue weighted by atomic mass is 16.8. The van der Waals surface area contributed by atoms with Crippen molar-refractivity contribution in [2.45, 2.75) is 160 Å². The molecule has 27 nitrogen and oxygen atoms in total. The number of methoxy groups -OCH3 is 1. The van der Waals surface area contributed by atoms with Crippen LogP contribution in [0.15, 0.2) is 0 Å². The molecule has 5 saturated heterocycles. The summed E-state index contributed by atoms with van der Waals surface area (Å²) in [6, 6.07) is -1.70. The lowest BCUT2D eigenvalue weighted by Gasteiger charge is -2.50. The van der Waals surface area contributed by atoms with Crippen molar-refractivity contribution in [3.63, 3.8) is 0 Å². The number of aliphatic hydroxyl groups excluding tert-OH is 14. The summed E-state index contributed by atoms with van der Waals surface area (Å²) < 4.78 is 55.4. The summed E-state index contributed by atoms with van der Waals surface area (Å²) in [4.78, 5) is 12.4. The number of carbonyl (C=O) groups excluding carboxylic acids is 1. The first-order valence-corrected chi connectivity index (χ1v) is 19.0. The third kappa shape index (κ3) is 10.2. The summed E-state index contributed by atoms with van der Waals surface area (Å²) in [5.74, 6) is -3.95. The van der Waals surface area contributed by atoms with Crippen molar-refractivity contribution in [1.82, 2.24) is 5.32 Å². The maximum atomic E-state index is 12.4. The molecule has 0 radical (unpaired) electrons. The zero-order valence-electron chi connectivity index (χ0n) is 32.2. The summed E-state index contributed by atoms with van der Waals surface area (Å²) in [5.41, 5.74) is 0. The van der Waals surface area contributed by atoms with Crippen molar-refractivity contribution in [3.05, 3.63) is 0 Å². The Hall–Kier alpha value is -1.53. The van der Waals surface area contributed by atoms with Gasteiger partial charge in [0.15, 0.2) is 31.3 Å². The fourth-order valence-corrected chi connectivity index (χ4v) is 7.63. The first-order chi connectivity index (χ1) is 28.4. The third-order valence-electron chi connectivity index (χ3n) is 10.9. The van der Waals surface area contributed by atoms with Gasteiger partial charge in [-0.05, 0) is 0 Å². The average Bonchev–Trinajstić information content (AvgIpc) is 3.22. The van der Waals surface area contributed by atoms with Gasteiger partial charge in [-0.3, -0.25) is 4.79 Å². The van der Waals surface area contributed by atoms with Crippen molar-refractivity contribution in [3.8, 4) is 0 Å². The molecule has 0 saturated carbocycles. The Labute approximate surface area is 340 Å². The lowest BCUT2D eigenvalue weighted by Crippen LogP contribution is -2.70. The van der Waals surface area contributed by atoms with Gasteiger partial charge in [-0.15, -0.1) is 0 Å². The highest BCUT2D eigenvalue weighted by molar-refractivity contribution is 5.73. The second kappa shape index (κ2) is 21.0. The van der Waals surface area contributed by atoms with Crippen LogP contribution in [0, 0.1) is 0 Å². The van der Waals surface area contributed by atoms with Gasteiger partial charge in [0, 0.05) is 20.5 Å². The fourth-order valence-electron chi connectivity index (χ4n) is 7.63. The molecule has 5 heterocycles. The molecule has 350 valence electrons. The van der Waals surface area contributed by atoms with E-state index in [1.807, 2.05) is 0 Å². The second-order valence-electron chi connectivity index (χ2n) is 15.0. The van der Waals surface area contributed by atoms with E-state index in [2.05, 4.69) is 5.32 Å². The molecule has 5 aliphatic rings. The molecule has 0 aromatic rings. The molecule has 1 amide bonds. The van der Waals surface area contributed by atoms with Gasteiger partial charge in [0.05, 0.1) is 45.2 Å². The highest BCUT2D eigenvalue weighted by Crippen LogP contribution is 2.37. The van der Waals surface area contributed by atoms with Crippen LogP contribution in [0.5, 0.6) is 0 Å². The normalized spacial score (nSPS) is 50.3. The monoisotopic (exact) mass is 883 g/mol. The number of rotatable bonds is 15. The fraction of sp³-hybridized carbons (Fsp3) is 0.970. The van der Waals surface area contributed by atoms with Gasteiger partial charge in [-0.1, -0.05) is 0 Å². The molecular formula is C33H57NO26. The van der Waals surface area contributed by atoms with Crippen LogP contribution >= 0.6 is 0 Å². The Morgan fingerprint density at radius 1 is 0.583 bits per heavy atom. The van der Waals surface area contributed by atoms with E-state index < -0.39 is 192 Å². The maximum Gasteiger partial charge on any atom is 0.311 e. The number of aliphatic hydroxyl groups is 15. The van der Waals surface area contributed by atoms with E-state index >= 15 is 0 Å². The Balaban J connectivity index is 1.35. The van der Waals surface area contributed by atoms with Crippen molar-refractivity contribution >= 4 is 5.91 Å². The van der Waals surface area contributed by atoms with Gasteiger partial charge in [0.1, 0.15) is 97.6 Å². The van der Waals surface area contributed by atoms with E-state index in [0.29, 0.717) is 0 Å². The zero-order chi connectivity index (χ0) is 44.4. The van der Waals surface area contributed by atoms with E-state index in [1.54, 1.807) is 0 Å². The van der Waals surface area contributed by atoms with Gasteiger partial charge < -0.3 is 129 Å². The molecule has 27 heteroatoms. The van der Waals surface area contributed by atoms with Crippen LogP contribution in [0.3, 0.4) is 0 Å². The third-order valence-corrected chi connectivity index (χ3v) is 10.9. The molecular weight excluding hydrogens is 826 g/mol. The van der Waals surface area contributed by atoms with E-state index in [1.165, 1.54) is 7.11 Å². The van der Waals surface area contributed by atoms with Gasteiger partial charge in [-0.25, -0.2) is 0 Å². The summed E-state index contributed by atoms with van der Waals surface area (Å²) >= 11 is 0. The van der Waals surface area contributed by atoms with Gasteiger partial charge in [0.2, 0.25) is 5.91 Å². The van der Waals surface area contributed by atoms with Crippen LogP contribution in [-0.2, 0) is 52.2 Å². The van der Waals surface area contributed by atoms with Gasteiger partial charge >= 0.3 is 5.97 Å². The van der Waals surface area contributed by atoms with Crippen LogP contribution in [0.4, 0.5) is 0 Å². The Morgan fingerprint density at radius 3 is 1.67 bits per heavy atom. The van der Waals surface area contributed by atoms with E-state index in [4.69, 9.17) is 47.4 Å². The predicted molar refractivity (Wildman–Crippen MR) is 183 cm³/mol. The first kappa shape index (κ1) is 49.5. The number of hydrogen-bond acceptors (Lipinski definition) is 26. The Morgan fingerprint density at radius 2 is 1.12 bits per heavy atom. The largest absolute Gasteiger partial charge is 0.394 e. The molecule has 0 aromatic carbocycles. The molecule has 0 bridgehead atoms. The van der Waals surface area contributed by atoms with Crippen molar-refractivity contribution < 1.29 is 129 Å². The van der Waals surface area contributed by atoms with Crippen molar-refractivity contribution in [2.75, 3.05) is 40.1 Å². The van der Waals surface area contributed by atoms with Crippen LogP contribution in [0.1, 0.15) is 13.3 Å². The molecule has 0 aliphatic carbocycles. The minimum absolute atomic E-state index is 0.424. The first-order valence-electron chi connectivity index (χ1n) is 19.0. The quantitative estimate of drug-likeness (QED) is 0.0679. The zero-order valence-corrected chi connectivity index (χ0v) is 32.2. The molecule has 5 fully saturated rings. The standard InChI is InChI=1S/C33H57NO26/c1-9(40)34-16-20(44)25(56-31-19(43)11(3-10(4-35)52-31)59-33(50)28(49)22(46)17(41)13(6-37)60-33)14(7-38)54-29(16)58-27-18(42)12(5-36)53-32(24(27)48)57-26-15(8-39)55-30(51-2)23(47)21(26)45/h10-32,35-39,41-50H,3-8H2,1-2H3,(H,34,40)/t10-,11?,12?,13+,14?,15+,16+,17+,18+,19?,20?,21?,22?,23?,24+,25-,26-,27?,28?,29+,30-,31+,32+,33-/m1/s1. The minimum atomic E-state index is -3.15. The molecule has 24 atom stereocenters. The topological polar surface area (TPSA) is 425 Å². The Kier molecular flexibility index (Phi) is 17.3. The lowest BCUT2D eigenvalue weighted by atomic mass is 9.94. The summed E-state index contributed by atoms with van der Waals surface area (Å²) in [7, 11) is 1.17. The van der Waals surface area contributed by atoms with Gasteiger partial charge in [-0.2, -0.15) is 0 Å². The van der Waals surface area contributed by atoms with Crippen molar-refractivity contribution in [1.29, 1.82) is 0 Å². The summed E-state index contributed by atoms with van der Waals surface area (Å²) in [6.07, 6.45) is -39.7. The van der Waals surface area contributed by atoms with Crippen LogP contribution in [-0.4, -0.2) is 270 Å². The van der Waals surface area contributed by atoms with E-state index in [9.17, 15) is 81.4 Å². The molecule has 60 heavy (non-hydrogen) atoms. The van der Waals surface area contributed by atoms with Crippen LogP contribution < -0.4 is 5.32 Å². The second-order valence-corrected chi connectivity index (χ2v) is 15.0. The van der Waals surface area contributed by atoms with Crippen LogP contribution in [0.2, 0.25) is 0 Å². The maximum absolute atomic E-state index is 12.4. The number of amides is 1. The number of nitrogens with one attached hydrogen (secondary N) is 1. The average molecular weight is 884 g/mol. The number of carbonyl (C=O) groups is 1. The van der Waals surface area contributed by atoms with Gasteiger partial charge in [0.25, 0.3) is 0 Å². The van der Waals surface area contributed by atoms with E-state index in [-0.39, 0.29) is 0 Å². The van der Waals surface area contributed by atoms with E-state index in [0.717, 1.165) is 6.92 Å². The molecule has 0 aromatic heterocycles. The minimum Gasteiger partial charge on any atom is -0.394 e. The molecule has 5 aliphatic heterocycles. The molecule has 0 spiro atoms.